The minimum atomic E-state index is -0.618. The molecule has 0 spiro atoms. The number of hydrogen-bond donors (Lipinski definition) is 2. The normalized spacial score (nSPS) is 21.7. The van der Waals surface area contributed by atoms with Gasteiger partial charge >= 0.3 is 0 Å². The van der Waals surface area contributed by atoms with Crippen LogP contribution in [0.25, 0.3) is 0 Å². The predicted octanol–water partition coefficient (Wildman–Crippen LogP) is 3.25. The molecule has 1 aromatic heterocycles. The van der Waals surface area contributed by atoms with E-state index in [2.05, 4.69) is 0 Å². The molecule has 1 aliphatic heterocycles. The maximum atomic E-state index is 13.6. The van der Waals surface area contributed by atoms with Gasteiger partial charge in [0, 0.05) is 23.6 Å². The van der Waals surface area contributed by atoms with E-state index in [-0.39, 0.29) is 23.2 Å². The molecule has 0 saturated carbocycles. The fraction of sp³-hybridized carbons (Fsp3) is 0.214. The summed E-state index contributed by atoms with van der Waals surface area (Å²) in [4.78, 5) is 14.0. The first-order valence-corrected chi connectivity index (χ1v) is 6.94. The van der Waals surface area contributed by atoms with Gasteiger partial charge in [-0.3, -0.25) is 4.79 Å². The third-order valence-corrected chi connectivity index (χ3v) is 4.19. The van der Waals surface area contributed by atoms with Gasteiger partial charge in [0.2, 0.25) is 0 Å². The summed E-state index contributed by atoms with van der Waals surface area (Å²) in [6.45, 7) is 1.76. The Morgan fingerprint density at radius 2 is 2.20 bits per heavy atom. The number of amides is 1. The lowest BCUT2D eigenvalue weighted by Gasteiger charge is -2.28. The highest BCUT2D eigenvalue weighted by atomic mass is 32.1. The summed E-state index contributed by atoms with van der Waals surface area (Å²) >= 11 is 1.07. The molecule has 2 heterocycles. The molecule has 1 aliphatic carbocycles. The van der Waals surface area contributed by atoms with Crippen LogP contribution in [-0.2, 0) is 0 Å². The molecule has 4 nitrogen and oxygen atoms in total. The number of aromatic hydroxyl groups is 1. The van der Waals surface area contributed by atoms with Gasteiger partial charge in [0.05, 0.1) is 11.6 Å². The van der Waals surface area contributed by atoms with Gasteiger partial charge in [-0.25, -0.2) is 4.39 Å². The van der Waals surface area contributed by atoms with Crippen molar-refractivity contribution in [3.63, 3.8) is 0 Å². The molecular weight excluding hydrogens is 281 g/mol. The van der Waals surface area contributed by atoms with E-state index >= 15 is 0 Å². The second-order valence-corrected chi connectivity index (χ2v) is 5.68. The van der Waals surface area contributed by atoms with Crippen molar-refractivity contribution in [1.82, 2.24) is 4.90 Å². The Kier molecular flexibility index (Phi) is 2.90. The van der Waals surface area contributed by atoms with Crippen LogP contribution in [-0.4, -0.2) is 27.1 Å². The largest absolute Gasteiger partial charge is 0.505 e. The minimum absolute atomic E-state index is 0.0344. The zero-order valence-corrected chi connectivity index (χ0v) is 11.4. The Bertz CT molecular complexity index is 686. The second kappa shape index (κ2) is 4.49. The number of carbonyl (C=O) groups is 1. The van der Waals surface area contributed by atoms with Crippen molar-refractivity contribution in [2.24, 2.45) is 0 Å². The third-order valence-electron chi connectivity index (χ3n) is 3.46. The Hall–Kier alpha value is -2.08. The molecule has 2 aliphatic rings. The van der Waals surface area contributed by atoms with Crippen molar-refractivity contribution in [3.05, 3.63) is 52.0 Å². The van der Waals surface area contributed by atoms with Gasteiger partial charge < -0.3 is 15.1 Å². The van der Waals surface area contributed by atoms with Gasteiger partial charge in [-0.2, -0.15) is 0 Å². The average molecular weight is 293 g/mol. The fourth-order valence-corrected chi connectivity index (χ4v) is 3.15. The lowest BCUT2D eigenvalue weighted by atomic mass is 9.98. The van der Waals surface area contributed by atoms with E-state index in [9.17, 15) is 19.4 Å². The van der Waals surface area contributed by atoms with Gasteiger partial charge in [0.25, 0.3) is 5.91 Å². The smallest absolute Gasteiger partial charge is 0.259 e. The molecular formula is C14H12FNO3S. The average Bonchev–Trinajstić information content (AvgIpc) is 2.93. The van der Waals surface area contributed by atoms with E-state index in [1.807, 2.05) is 0 Å². The van der Waals surface area contributed by atoms with Crippen LogP contribution < -0.4 is 0 Å². The summed E-state index contributed by atoms with van der Waals surface area (Å²) in [5, 5.41) is 20.4. The molecule has 1 amide bonds. The number of allylic oxidation sites excluding steroid dienone is 2. The first-order valence-electron chi connectivity index (χ1n) is 6.06. The van der Waals surface area contributed by atoms with Crippen LogP contribution in [0.15, 0.2) is 46.5 Å². The number of aliphatic hydroxyl groups is 1. The van der Waals surface area contributed by atoms with E-state index in [1.54, 1.807) is 18.4 Å². The summed E-state index contributed by atoms with van der Waals surface area (Å²) < 4.78 is 13.6. The lowest BCUT2D eigenvalue weighted by molar-refractivity contribution is 0.0776. The molecule has 0 fully saturated rings. The Morgan fingerprint density at radius 3 is 2.85 bits per heavy atom. The number of rotatable bonds is 1. The number of carbonyl (C=O) groups excluding carboxylic acids is 1. The van der Waals surface area contributed by atoms with Crippen molar-refractivity contribution < 1.29 is 19.4 Å². The SMILES string of the molecule is CC1=CC2=CC(O)=C(F)CC2N1C(=O)c1csc(O)c1. The first kappa shape index (κ1) is 12.9. The lowest BCUT2D eigenvalue weighted by Crippen LogP contribution is -2.37. The first-order chi connectivity index (χ1) is 9.47. The van der Waals surface area contributed by atoms with Crippen LogP contribution in [0.5, 0.6) is 5.06 Å². The van der Waals surface area contributed by atoms with Gasteiger partial charge in [-0.1, -0.05) is 0 Å². The van der Waals surface area contributed by atoms with Crippen molar-refractivity contribution in [1.29, 1.82) is 0 Å². The van der Waals surface area contributed by atoms with Crippen LogP contribution in [0.4, 0.5) is 4.39 Å². The van der Waals surface area contributed by atoms with Crippen LogP contribution in [0.3, 0.4) is 0 Å². The molecule has 1 unspecified atom stereocenters. The number of fused-ring (bicyclic) bond motifs is 1. The zero-order valence-electron chi connectivity index (χ0n) is 10.6. The Labute approximate surface area is 118 Å². The number of halogens is 1. The molecule has 6 heteroatoms. The third kappa shape index (κ3) is 1.92. The summed E-state index contributed by atoms with van der Waals surface area (Å²) in [6, 6.07) is 0.967. The summed E-state index contributed by atoms with van der Waals surface area (Å²) in [6.07, 6.45) is 3.08. The van der Waals surface area contributed by atoms with Crippen molar-refractivity contribution >= 4 is 17.2 Å². The topological polar surface area (TPSA) is 60.8 Å². The molecule has 0 radical (unpaired) electrons. The Morgan fingerprint density at radius 1 is 1.45 bits per heavy atom. The van der Waals surface area contributed by atoms with E-state index in [0.717, 1.165) is 11.3 Å². The maximum Gasteiger partial charge on any atom is 0.259 e. The molecule has 2 N–H and O–H groups in total. The van der Waals surface area contributed by atoms with Crippen LogP contribution in [0.1, 0.15) is 23.7 Å². The van der Waals surface area contributed by atoms with Gasteiger partial charge in [0.1, 0.15) is 11.6 Å². The standard InChI is InChI=1S/C14H12FNO3S/c1-7-2-8-3-12(17)10(15)5-11(8)16(7)14(19)9-4-13(18)20-6-9/h2-4,6,11,17-18H,5H2,1H3. The molecule has 0 bridgehead atoms. The van der Waals surface area contributed by atoms with E-state index in [4.69, 9.17) is 0 Å². The van der Waals surface area contributed by atoms with Crippen LogP contribution >= 0.6 is 11.3 Å². The highest BCUT2D eigenvalue weighted by Gasteiger charge is 2.37. The maximum absolute atomic E-state index is 13.6. The Balaban J connectivity index is 1.95. The second-order valence-electron chi connectivity index (χ2n) is 4.79. The molecule has 20 heavy (non-hydrogen) atoms. The number of nitrogens with zero attached hydrogens (tertiary/aromatic N) is 1. The van der Waals surface area contributed by atoms with Crippen molar-refractivity contribution in [2.75, 3.05) is 0 Å². The molecule has 1 aromatic rings. The summed E-state index contributed by atoms with van der Waals surface area (Å²) in [5.74, 6) is -1.27. The van der Waals surface area contributed by atoms with Gasteiger partial charge in [-0.15, -0.1) is 11.3 Å². The number of thiophene rings is 1. The highest BCUT2D eigenvalue weighted by molar-refractivity contribution is 7.12. The van der Waals surface area contributed by atoms with E-state index < -0.39 is 11.9 Å². The monoisotopic (exact) mass is 293 g/mol. The highest BCUT2D eigenvalue weighted by Crippen LogP contribution is 2.37. The van der Waals surface area contributed by atoms with Gasteiger partial charge in [-0.05, 0) is 24.6 Å². The number of hydrogen-bond acceptors (Lipinski definition) is 4. The molecule has 3 rings (SSSR count). The van der Waals surface area contributed by atoms with Crippen LogP contribution in [0.2, 0.25) is 0 Å². The van der Waals surface area contributed by atoms with Gasteiger partial charge in [0.15, 0.2) is 5.06 Å². The molecule has 1 atom stereocenters. The fourth-order valence-electron chi connectivity index (χ4n) is 2.54. The van der Waals surface area contributed by atoms with Crippen LogP contribution in [0, 0.1) is 0 Å². The van der Waals surface area contributed by atoms with Crippen molar-refractivity contribution in [2.45, 2.75) is 19.4 Å². The molecule has 0 saturated heterocycles. The summed E-state index contributed by atoms with van der Waals surface area (Å²) in [5.41, 5.74) is 1.79. The zero-order chi connectivity index (χ0) is 14.4. The van der Waals surface area contributed by atoms with E-state index in [1.165, 1.54) is 17.0 Å². The minimum Gasteiger partial charge on any atom is -0.505 e. The summed E-state index contributed by atoms with van der Waals surface area (Å²) in [7, 11) is 0. The number of aliphatic hydroxyl groups excluding tert-OH is 1. The predicted molar refractivity (Wildman–Crippen MR) is 73.2 cm³/mol. The molecule has 104 valence electrons. The molecule has 0 aromatic carbocycles. The quantitative estimate of drug-likeness (QED) is 0.835. The van der Waals surface area contributed by atoms with Crippen molar-refractivity contribution in [3.8, 4) is 5.06 Å². The van der Waals surface area contributed by atoms with E-state index in [0.29, 0.717) is 16.8 Å².